The third kappa shape index (κ3) is 4.58. The quantitative estimate of drug-likeness (QED) is 0.394. The molecule has 0 saturated heterocycles. The predicted molar refractivity (Wildman–Crippen MR) is 114 cm³/mol. The van der Waals surface area contributed by atoms with E-state index in [4.69, 9.17) is 14.2 Å². The van der Waals surface area contributed by atoms with Crippen LogP contribution in [0.15, 0.2) is 36.4 Å². The van der Waals surface area contributed by atoms with Gasteiger partial charge in [-0.2, -0.15) is 18.3 Å². The standard InChI is InChI=1S/C21H19F3N4O6/c1-11-8-16(27(26-11)13-7-5-6-12(9-13)21(22,23)24)25-20(29)14-10-15(32-2)18(33-3)19(34-4)17(14)28(30)31/h5-10H,1-4H3,(H,25,29). The molecule has 1 aromatic heterocycles. The molecule has 10 nitrogen and oxygen atoms in total. The number of rotatable bonds is 7. The molecule has 0 aliphatic heterocycles. The first-order chi connectivity index (χ1) is 16.0. The van der Waals surface area contributed by atoms with E-state index in [0.717, 1.165) is 30.0 Å². The van der Waals surface area contributed by atoms with Crippen molar-refractivity contribution in [1.82, 2.24) is 9.78 Å². The number of ether oxygens (including phenoxy) is 3. The molecule has 0 fully saturated rings. The Morgan fingerprint density at radius 3 is 2.32 bits per heavy atom. The van der Waals surface area contributed by atoms with Crippen LogP contribution in [0.25, 0.3) is 5.69 Å². The molecule has 1 heterocycles. The summed E-state index contributed by atoms with van der Waals surface area (Å²) < 4.78 is 55.9. The maximum absolute atomic E-state index is 13.1. The van der Waals surface area contributed by atoms with Gasteiger partial charge in [0.2, 0.25) is 11.5 Å². The molecule has 3 aromatic rings. The second-order valence-electron chi connectivity index (χ2n) is 6.88. The first-order valence-corrected chi connectivity index (χ1v) is 9.54. The minimum atomic E-state index is -4.58. The van der Waals surface area contributed by atoms with Crippen LogP contribution in [0.4, 0.5) is 24.7 Å². The molecule has 0 bridgehead atoms. The van der Waals surface area contributed by atoms with Gasteiger partial charge in [0.1, 0.15) is 11.4 Å². The van der Waals surface area contributed by atoms with Gasteiger partial charge in [-0.1, -0.05) is 6.07 Å². The molecule has 0 aliphatic carbocycles. The van der Waals surface area contributed by atoms with Gasteiger partial charge in [-0.05, 0) is 25.1 Å². The molecule has 0 unspecified atom stereocenters. The lowest BCUT2D eigenvalue weighted by Crippen LogP contribution is -2.18. The van der Waals surface area contributed by atoms with Crippen molar-refractivity contribution in [2.45, 2.75) is 13.1 Å². The van der Waals surface area contributed by atoms with Crippen LogP contribution in [-0.2, 0) is 6.18 Å². The van der Waals surface area contributed by atoms with E-state index in [1.807, 2.05) is 0 Å². The zero-order valence-corrected chi connectivity index (χ0v) is 18.4. The highest BCUT2D eigenvalue weighted by atomic mass is 19.4. The van der Waals surface area contributed by atoms with Crippen molar-refractivity contribution in [2.75, 3.05) is 26.6 Å². The normalized spacial score (nSPS) is 11.1. The lowest BCUT2D eigenvalue weighted by molar-refractivity contribution is -0.386. The second-order valence-corrected chi connectivity index (χ2v) is 6.88. The molecule has 0 aliphatic rings. The summed E-state index contributed by atoms with van der Waals surface area (Å²) in [5, 5.41) is 18.4. The van der Waals surface area contributed by atoms with E-state index in [0.29, 0.717) is 5.69 Å². The van der Waals surface area contributed by atoms with Crippen LogP contribution >= 0.6 is 0 Å². The summed E-state index contributed by atoms with van der Waals surface area (Å²) in [5.41, 5.74) is -1.60. The number of nitro groups is 1. The molecule has 180 valence electrons. The van der Waals surface area contributed by atoms with Crippen LogP contribution in [0.2, 0.25) is 0 Å². The number of carbonyl (C=O) groups is 1. The number of methoxy groups -OCH3 is 3. The number of aryl methyl sites for hydroxylation is 1. The lowest BCUT2D eigenvalue weighted by atomic mass is 10.1. The number of carbonyl (C=O) groups excluding carboxylic acids is 1. The van der Waals surface area contributed by atoms with Gasteiger partial charge in [-0.25, -0.2) is 4.68 Å². The molecule has 1 N–H and O–H groups in total. The van der Waals surface area contributed by atoms with Gasteiger partial charge < -0.3 is 19.5 Å². The molecule has 0 spiro atoms. The van der Waals surface area contributed by atoms with Crippen LogP contribution in [0.1, 0.15) is 21.6 Å². The Hall–Kier alpha value is -4.29. The fraction of sp³-hybridized carbons (Fsp3) is 0.238. The number of halogens is 3. The smallest absolute Gasteiger partial charge is 0.416 e. The van der Waals surface area contributed by atoms with Crippen molar-refractivity contribution < 1.29 is 37.1 Å². The van der Waals surface area contributed by atoms with Gasteiger partial charge in [-0.3, -0.25) is 14.9 Å². The van der Waals surface area contributed by atoms with E-state index < -0.39 is 33.8 Å². The van der Waals surface area contributed by atoms with Crippen LogP contribution in [0, 0.1) is 17.0 Å². The summed E-state index contributed by atoms with van der Waals surface area (Å²) in [5.74, 6) is -1.38. The third-order valence-corrected chi connectivity index (χ3v) is 4.72. The Bertz CT molecular complexity index is 1260. The highest BCUT2D eigenvalue weighted by Crippen LogP contribution is 2.46. The number of alkyl halides is 3. The topological polar surface area (TPSA) is 118 Å². The number of hydrogen-bond donors (Lipinski definition) is 1. The van der Waals surface area contributed by atoms with Crippen molar-refractivity contribution in [2.24, 2.45) is 0 Å². The number of nitro benzene ring substituents is 1. The Labute approximate surface area is 191 Å². The summed E-state index contributed by atoms with van der Waals surface area (Å²) in [6.07, 6.45) is -4.58. The van der Waals surface area contributed by atoms with Gasteiger partial charge >= 0.3 is 11.9 Å². The minimum Gasteiger partial charge on any atom is -0.493 e. The van der Waals surface area contributed by atoms with Gasteiger partial charge in [0.05, 0.1) is 43.2 Å². The molecule has 13 heteroatoms. The van der Waals surface area contributed by atoms with E-state index in [1.165, 1.54) is 32.4 Å². The van der Waals surface area contributed by atoms with E-state index in [2.05, 4.69) is 10.4 Å². The van der Waals surface area contributed by atoms with Crippen LogP contribution in [0.5, 0.6) is 17.2 Å². The second kappa shape index (κ2) is 9.29. The molecular formula is C21H19F3N4O6. The average molecular weight is 480 g/mol. The summed E-state index contributed by atoms with van der Waals surface area (Å²) in [6.45, 7) is 1.57. The van der Waals surface area contributed by atoms with Crippen molar-refractivity contribution in [3.8, 4) is 22.9 Å². The number of nitrogens with zero attached hydrogens (tertiary/aromatic N) is 3. The maximum Gasteiger partial charge on any atom is 0.416 e. The molecule has 3 rings (SSSR count). The molecule has 34 heavy (non-hydrogen) atoms. The van der Waals surface area contributed by atoms with Crippen molar-refractivity contribution in [3.63, 3.8) is 0 Å². The van der Waals surface area contributed by atoms with Crippen LogP contribution in [-0.4, -0.2) is 41.9 Å². The molecule has 0 radical (unpaired) electrons. The maximum atomic E-state index is 13.1. The summed E-state index contributed by atoms with van der Waals surface area (Å²) in [6, 6.07) is 6.85. The number of aromatic nitrogens is 2. The van der Waals surface area contributed by atoms with E-state index in [9.17, 15) is 28.1 Å². The van der Waals surface area contributed by atoms with Crippen LogP contribution < -0.4 is 19.5 Å². The summed E-state index contributed by atoms with van der Waals surface area (Å²) >= 11 is 0. The summed E-state index contributed by atoms with van der Waals surface area (Å²) in [4.78, 5) is 24.1. The average Bonchev–Trinajstić information content (AvgIpc) is 3.16. The Morgan fingerprint density at radius 1 is 1.09 bits per heavy atom. The molecule has 0 atom stereocenters. The molecule has 1 amide bonds. The number of anilines is 1. The van der Waals surface area contributed by atoms with Gasteiger partial charge in [0, 0.05) is 12.1 Å². The zero-order chi connectivity index (χ0) is 25.2. The van der Waals surface area contributed by atoms with E-state index in [1.54, 1.807) is 6.92 Å². The van der Waals surface area contributed by atoms with Gasteiger partial charge in [0.15, 0.2) is 5.75 Å². The Balaban J connectivity index is 2.10. The lowest BCUT2D eigenvalue weighted by Gasteiger charge is -2.15. The SMILES string of the molecule is COc1cc(C(=O)Nc2cc(C)nn2-c2cccc(C(F)(F)F)c2)c([N+](=O)[O-])c(OC)c1OC. The van der Waals surface area contributed by atoms with E-state index >= 15 is 0 Å². The number of nitrogens with one attached hydrogen (secondary N) is 1. The fourth-order valence-electron chi connectivity index (χ4n) is 3.28. The predicted octanol–water partition coefficient (Wildman–Crippen LogP) is 4.39. The van der Waals surface area contributed by atoms with E-state index in [-0.39, 0.29) is 28.8 Å². The molecule has 2 aromatic carbocycles. The highest BCUT2D eigenvalue weighted by molar-refractivity contribution is 6.08. The first kappa shape index (κ1) is 24.4. The number of benzene rings is 2. The minimum absolute atomic E-state index is 0.00216. The highest BCUT2D eigenvalue weighted by Gasteiger charge is 2.33. The van der Waals surface area contributed by atoms with Gasteiger partial charge in [-0.15, -0.1) is 0 Å². The first-order valence-electron chi connectivity index (χ1n) is 9.54. The molecule has 0 saturated carbocycles. The molecular weight excluding hydrogens is 461 g/mol. The summed E-state index contributed by atoms with van der Waals surface area (Å²) in [7, 11) is 3.69. The van der Waals surface area contributed by atoms with Gasteiger partial charge in [0.25, 0.3) is 5.91 Å². The Morgan fingerprint density at radius 2 is 1.76 bits per heavy atom. The monoisotopic (exact) mass is 480 g/mol. The Kier molecular flexibility index (Phi) is 6.66. The third-order valence-electron chi connectivity index (χ3n) is 4.72. The zero-order valence-electron chi connectivity index (χ0n) is 18.4. The fourth-order valence-corrected chi connectivity index (χ4v) is 3.28. The largest absolute Gasteiger partial charge is 0.493 e. The van der Waals surface area contributed by atoms with Crippen LogP contribution in [0.3, 0.4) is 0 Å². The van der Waals surface area contributed by atoms with Crippen molar-refractivity contribution in [3.05, 3.63) is 63.3 Å². The number of amides is 1. The van der Waals surface area contributed by atoms with Crippen molar-refractivity contribution >= 4 is 17.4 Å². The van der Waals surface area contributed by atoms with Crippen molar-refractivity contribution in [1.29, 1.82) is 0 Å². The number of hydrogen-bond acceptors (Lipinski definition) is 7.